The number of hydrogen-bond donors (Lipinski definition) is 0. The van der Waals surface area contributed by atoms with Crippen molar-refractivity contribution in [1.29, 1.82) is 0 Å². The van der Waals surface area contributed by atoms with Crippen LogP contribution in [0.3, 0.4) is 0 Å². The molecule has 0 fully saturated rings. The number of fused-ring (bicyclic) bond motifs is 1. The Kier molecular flexibility index (Phi) is 6.40. The summed E-state index contributed by atoms with van der Waals surface area (Å²) < 4.78 is 91.4. The van der Waals surface area contributed by atoms with E-state index in [1.54, 1.807) is 14.0 Å². The average molecular weight is 499 g/mol. The van der Waals surface area contributed by atoms with Crippen LogP contribution >= 0.6 is 22.7 Å². The predicted molar refractivity (Wildman–Crippen MR) is 113 cm³/mol. The maximum atomic E-state index is 13.1. The fourth-order valence-electron chi connectivity index (χ4n) is 2.90. The first-order valence-electron chi connectivity index (χ1n) is 8.74. The summed E-state index contributed by atoms with van der Waals surface area (Å²) in [6.45, 7) is 7.07. The van der Waals surface area contributed by atoms with Crippen molar-refractivity contribution in [3.8, 4) is 0 Å². The second-order valence-corrected chi connectivity index (χ2v) is 10.3. The summed E-state index contributed by atoms with van der Waals surface area (Å²) in [6.07, 6.45) is -8.34. The predicted octanol–water partition coefficient (Wildman–Crippen LogP) is 6.94. The lowest BCUT2D eigenvalue weighted by Crippen LogP contribution is -2.19. The van der Waals surface area contributed by atoms with Crippen molar-refractivity contribution in [2.24, 2.45) is 0 Å². The standard InChI is InChI=1S/C19H16F6N2OS3/c1-5-31(28)16-14(29-12-7-13(19(23,24)25)30-15(12)16)10(3)27(4)17-9(2)6-11(8-26-17)18(20,21)22/h6-8H,3,5H2,1-2,4H3. The Labute approximate surface area is 185 Å². The van der Waals surface area contributed by atoms with E-state index in [9.17, 15) is 30.9 Å². The molecule has 1 atom stereocenters. The number of pyridine rings is 1. The SMILES string of the molecule is C=C(c1sc2cc(C(F)(F)F)sc2c1[S+]([O-])CC)N(C)c1ncc(C(F)(F)F)cc1C. The maximum absolute atomic E-state index is 13.1. The molecule has 31 heavy (non-hydrogen) atoms. The van der Waals surface area contributed by atoms with Crippen LogP contribution in [-0.4, -0.2) is 22.3 Å². The van der Waals surface area contributed by atoms with Crippen molar-refractivity contribution in [1.82, 2.24) is 4.98 Å². The highest BCUT2D eigenvalue weighted by Gasteiger charge is 2.36. The maximum Gasteiger partial charge on any atom is 0.425 e. The molecule has 0 radical (unpaired) electrons. The van der Waals surface area contributed by atoms with Crippen molar-refractivity contribution in [3.63, 3.8) is 0 Å². The number of hydrogen-bond acceptors (Lipinski definition) is 5. The summed E-state index contributed by atoms with van der Waals surface area (Å²) in [5.74, 6) is 0.395. The van der Waals surface area contributed by atoms with Gasteiger partial charge >= 0.3 is 12.4 Å². The van der Waals surface area contributed by atoms with Crippen molar-refractivity contribution in [2.45, 2.75) is 31.1 Å². The second kappa shape index (κ2) is 8.30. The average Bonchev–Trinajstić information content (AvgIpc) is 3.23. The van der Waals surface area contributed by atoms with E-state index in [-0.39, 0.29) is 32.4 Å². The van der Waals surface area contributed by atoms with Crippen LogP contribution < -0.4 is 4.90 Å². The smallest absolute Gasteiger partial charge is 0.425 e. The minimum atomic E-state index is -4.54. The van der Waals surface area contributed by atoms with E-state index in [2.05, 4.69) is 11.6 Å². The Bertz CT molecular complexity index is 1130. The molecule has 168 valence electrons. The number of nitrogens with zero attached hydrogens (tertiary/aromatic N) is 2. The van der Waals surface area contributed by atoms with Crippen LogP contribution in [0.15, 0.2) is 29.8 Å². The molecule has 3 nitrogen and oxygen atoms in total. The Morgan fingerprint density at radius 2 is 1.81 bits per heavy atom. The molecule has 0 aliphatic heterocycles. The summed E-state index contributed by atoms with van der Waals surface area (Å²) >= 11 is -0.0388. The van der Waals surface area contributed by atoms with Crippen molar-refractivity contribution < 1.29 is 30.9 Å². The summed E-state index contributed by atoms with van der Waals surface area (Å²) in [5.41, 5.74) is -0.361. The molecule has 0 bridgehead atoms. The van der Waals surface area contributed by atoms with Gasteiger partial charge in [-0.3, -0.25) is 0 Å². The molecular weight excluding hydrogens is 482 g/mol. The van der Waals surface area contributed by atoms with Crippen molar-refractivity contribution >= 4 is 54.8 Å². The third-order valence-electron chi connectivity index (χ3n) is 4.45. The Hall–Kier alpha value is -1.76. The van der Waals surface area contributed by atoms with E-state index in [4.69, 9.17) is 0 Å². The van der Waals surface area contributed by atoms with Crippen LogP contribution in [-0.2, 0) is 23.5 Å². The molecule has 0 aliphatic carbocycles. The number of halogens is 6. The summed E-state index contributed by atoms with van der Waals surface area (Å²) in [4.78, 5) is 5.24. The number of aromatic nitrogens is 1. The number of anilines is 1. The molecule has 3 heterocycles. The van der Waals surface area contributed by atoms with Gasteiger partial charge < -0.3 is 9.45 Å². The Morgan fingerprint density at radius 1 is 1.16 bits per heavy atom. The summed E-state index contributed by atoms with van der Waals surface area (Å²) in [7, 11) is 1.54. The zero-order chi connectivity index (χ0) is 23.3. The largest absolute Gasteiger partial charge is 0.611 e. The van der Waals surface area contributed by atoms with Gasteiger partial charge in [-0.2, -0.15) is 26.3 Å². The highest BCUT2D eigenvalue weighted by Crippen LogP contribution is 2.47. The molecule has 0 saturated heterocycles. The highest BCUT2D eigenvalue weighted by atomic mass is 32.2. The quantitative estimate of drug-likeness (QED) is 0.283. The van der Waals surface area contributed by atoms with Gasteiger partial charge in [0.15, 0.2) is 4.90 Å². The molecule has 3 rings (SSSR count). The zero-order valence-corrected chi connectivity index (χ0v) is 18.9. The Balaban J connectivity index is 2.06. The van der Waals surface area contributed by atoms with Gasteiger partial charge in [-0.25, -0.2) is 4.98 Å². The summed E-state index contributed by atoms with van der Waals surface area (Å²) in [6, 6.07) is 1.97. The van der Waals surface area contributed by atoms with E-state index >= 15 is 0 Å². The molecule has 3 aromatic heterocycles. The second-order valence-electron chi connectivity index (χ2n) is 6.56. The van der Waals surface area contributed by atoms with Crippen LogP contribution in [0.1, 0.15) is 27.8 Å². The third kappa shape index (κ3) is 4.57. The first-order valence-corrected chi connectivity index (χ1v) is 11.7. The molecule has 0 amide bonds. The van der Waals surface area contributed by atoms with Crippen molar-refractivity contribution in [2.75, 3.05) is 17.7 Å². The van der Waals surface area contributed by atoms with Crippen LogP contribution in [0, 0.1) is 6.92 Å². The van der Waals surface area contributed by atoms with Gasteiger partial charge in [-0.15, -0.1) is 22.7 Å². The zero-order valence-electron chi connectivity index (χ0n) is 16.4. The van der Waals surface area contributed by atoms with E-state index in [1.165, 1.54) is 11.8 Å². The first kappa shape index (κ1) is 23.9. The topological polar surface area (TPSA) is 39.2 Å². The fraction of sp³-hybridized carbons (Fsp3) is 0.316. The number of rotatable bonds is 5. The lowest BCUT2D eigenvalue weighted by molar-refractivity contribution is -0.138. The van der Waals surface area contributed by atoms with Crippen LogP contribution in [0.2, 0.25) is 0 Å². The van der Waals surface area contributed by atoms with Gasteiger partial charge in [-0.1, -0.05) is 6.58 Å². The van der Waals surface area contributed by atoms with Crippen LogP contribution in [0.5, 0.6) is 0 Å². The minimum absolute atomic E-state index is 0.187. The van der Waals surface area contributed by atoms with E-state index < -0.39 is 34.0 Å². The lowest BCUT2D eigenvalue weighted by Gasteiger charge is -2.23. The molecule has 12 heteroatoms. The van der Waals surface area contributed by atoms with E-state index in [0.29, 0.717) is 27.1 Å². The van der Waals surface area contributed by atoms with E-state index in [0.717, 1.165) is 23.5 Å². The molecule has 3 aromatic rings. The first-order chi connectivity index (χ1) is 14.3. The molecule has 0 saturated carbocycles. The normalized spacial score (nSPS) is 13.6. The molecule has 0 spiro atoms. The van der Waals surface area contributed by atoms with Gasteiger partial charge in [0.05, 0.1) is 16.0 Å². The number of alkyl halides is 6. The van der Waals surface area contributed by atoms with Crippen LogP contribution in [0.25, 0.3) is 15.1 Å². The van der Waals surface area contributed by atoms with Crippen molar-refractivity contribution in [3.05, 3.63) is 45.8 Å². The summed E-state index contributed by atoms with van der Waals surface area (Å²) in [5, 5.41) is 0. The van der Waals surface area contributed by atoms with Gasteiger partial charge in [-0.05, 0) is 42.7 Å². The lowest BCUT2D eigenvalue weighted by atomic mass is 10.2. The molecule has 0 aromatic carbocycles. The van der Waals surface area contributed by atoms with Gasteiger partial charge in [0, 0.05) is 13.2 Å². The van der Waals surface area contributed by atoms with Crippen LogP contribution in [0.4, 0.5) is 32.2 Å². The highest BCUT2D eigenvalue weighted by molar-refractivity contribution is 7.92. The minimum Gasteiger partial charge on any atom is -0.611 e. The fourth-order valence-corrected chi connectivity index (χ4v) is 7.00. The van der Waals surface area contributed by atoms with Gasteiger partial charge in [0.1, 0.15) is 26.0 Å². The molecular formula is C19H16F6N2OS3. The molecule has 1 unspecified atom stereocenters. The molecule has 0 aliphatic rings. The van der Waals surface area contributed by atoms with E-state index in [1.807, 2.05) is 0 Å². The monoisotopic (exact) mass is 498 g/mol. The third-order valence-corrected chi connectivity index (χ3v) is 8.61. The number of aryl methyl sites for hydroxylation is 1. The Morgan fingerprint density at radius 3 is 2.32 bits per heavy atom. The van der Waals surface area contributed by atoms with Gasteiger partial charge in [0.25, 0.3) is 0 Å². The molecule has 0 N–H and O–H groups in total. The van der Waals surface area contributed by atoms with Gasteiger partial charge in [0.2, 0.25) is 0 Å². The number of thiophene rings is 2.